The Morgan fingerprint density at radius 2 is 1.88 bits per heavy atom. The van der Waals surface area contributed by atoms with E-state index in [0.29, 0.717) is 48.0 Å². The van der Waals surface area contributed by atoms with Crippen molar-refractivity contribution in [1.29, 1.82) is 0 Å². The zero-order valence-electron chi connectivity index (χ0n) is 18.9. The predicted octanol–water partition coefficient (Wildman–Crippen LogP) is 3.06. The van der Waals surface area contributed by atoms with Crippen LogP contribution in [0.2, 0.25) is 5.02 Å². The van der Waals surface area contributed by atoms with Gasteiger partial charge in [0.25, 0.3) is 5.91 Å². The lowest BCUT2D eigenvalue weighted by Crippen LogP contribution is -2.36. The SMILES string of the molecule is CCCOc1ccc(C2/C(=C(\[O-])c3ccc(Cl)cc3)C(=O)C(=O)N2CCC[n+]2cc[nH]c2)cc1. The number of ketones is 1. The molecule has 7 nitrogen and oxygen atoms in total. The maximum absolute atomic E-state index is 13.4. The molecule has 1 N–H and O–H groups in total. The van der Waals surface area contributed by atoms with Gasteiger partial charge in [0, 0.05) is 23.6 Å². The first-order valence-electron chi connectivity index (χ1n) is 11.3. The summed E-state index contributed by atoms with van der Waals surface area (Å²) in [5.74, 6) is -1.19. The van der Waals surface area contributed by atoms with Crippen molar-refractivity contribution in [2.75, 3.05) is 13.2 Å². The number of imidazole rings is 1. The quantitative estimate of drug-likeness (QED) is 0.221. The minimum atomic E-state index is -0.764. The maximum Gasteiger partial charge on any atom is 0.295 e. The highest BCUT2D eigenvalue weighted by atomic mass is 35.5. The van der Waals surface area contributed by atoms with E-state index in [1.807, 2.05) is 42.3 Å². The van der Waals surface area contributed by atoms with Gasteiger partial charge in [0.1, 0.15) is 18.1 Å². The molecule has 1 aliphatic heterocycles. The smallest absolute Gasteiger partial charge is 0.295 e. The fourth-order valence-electron chi connectivity index (χ4n) is 4.05. The number of hydrogen-bond donors (Lipinski definition) is 1. The molecule has 2 aromatic carbocycles. The van der Waals surface area contributed by atoms with Crippen molar-refractivity contribution >= 4 is 29.1 Å². The van der Waals surface area contributed by atoms with Crippen LogP contribution in [0.3, 0.4) is 0 Å². The topological polar surface area (TPSA) is 89.3 Å². The summed E-state index contributed by atoms with van der Waals surface area (Å²) in [7, 11) is 0. The van der Waals surface area contributed by atoms with Crippen molar-refractivity contribution in [3.8, 4) is 5.75 Å². The molecule has 0 aliphatic carbocycles. The maximum atomic E-state index is 13.4. The van der Waals surface area contributed by atoms with Crippen molar-refractivity contribution in [1.82, 2.24) is 9.88 Å². The third kappa shape index (κ3) is 4.99. The average Bonchev–Trinajstić information content (AvgIpc) is 3.45. The number of aromatic amines is 1. The van der Waals surface area contributed by atoms with E-state index in [0.717, 1.165) is 6.42 Å². The largest absolute Gasteiger partial charge is 0.872 e. The van der Waals surface area contributed by atoms with E-state index in [2.05, 4.69) is 4.98 Å². The number of carbonyl (C=O) groups excluding carboxylic acids is 2. The minimum absolute atomic E-state index is 0.0381. The van der Waals surface area contributed by atoms with Crippen molar-refractivity contribution in [3.05, 3.63) is 89.0 Å². The van der Waals surface area contributed by atoms with Crippen LogP contribution in [0.5, 0.6) is 5.75 Å². The summed E-state index contributed by atoms with van der Waals surface area (Å²) in [6.45, 7) is 3.61. The van der Waals surface area contributed by atoms with Gasteiger partial charge in [-0.05, 0) is 41.8 Å². The third-order valence-corrected chi connectivity index (χ3v) is 5.97. The summed E-state index contributed by atoms with van der Waals surface area (Å²) < 4.78 is 7.62. The minimum Gasteiger partial charge on any atom is -0.872 e. The summed E-state index contributed by atoms with van der Waals surface area (Å²) in [6.07, 6.45) is 7.04. The number of H-pyrrole nitrogens is 1. The molecule has 34 heavy (non-hydrogen) atoms. The molecule has 1 amide bonds. The number of halogens is 1. The molecule has 2 heterocycles. The number of amides is 1. The van der Waals surface area contributed by atoms with Gasteiger partial charge in [-0.2, -0.15) is 0 Å². The number of carbonyl (C=O) groups is 2. The zero-order chi connectivity index (χ0) is 24.1. The van der Waals surface area contributed by atoms with E-state index < -0.39 is 23.5 Å². The first-order chi connectivity index (χ1) is 16.5. The first-order valence-corrected chi connectivity index (χ1v) is 11.6. The van der Waals surface area contributed by atoms with Crippen molar-refractivity contribution < 1.29 is 24.0 Å². The van der Waals surface area contributed by atoms with E-state index in [-0.39, 0.29) is 5.57 Å². The summed E-state index contributed by atoms with van der Waals surface area (Å²) >= 11 is 5.96. The van der Waals surface area contributed by atoms with Crippen LogP contribution in [0.15, 0.2) is 72.8 Å². The second kappa shape index (κ2) is 10.6. The molecular weight excluding hydrogens is 454 g/mol. The molecule has 0 saturated carbocycles. The van der Waals surface area contributed by atoms with Crippen LogP contribution in [0, 0.1) is 0 Å². The molecule has 1 aliphatic rings. The lowest BCUT2D eigenvalue weighted by atomic mass is 9.95. The van der Waals surface area contributed by atoms with E-state index in [1.54, 1.807) is 36.4 Å². The number of aromatic nitrogens is 2. The number of ether oxygens (including phenoxy) is 1. The van der Waals surface area contributed by atoms with E-state index in [4.69, 9.17) is 16.3 Å². The normalized spacial score (nSPS) is 17.4. The Balaban J connectivity index is 1.69. The molecule has 1 fully saturated rings. The Labute approximate surface area is 203 Å². The van der Waals surface area contributed by atoms with Gasteiger partial charge in [-0.15, -0.1) is 0 Å². The summed E-state index contributed by atoms with van der Waals surface area (Å²) in [6, 6.07) is 12.8. The molecule has 0 bridgehead atoms. The van der Waals surface area contributed by atoms with Gasteiger partial charge in [0.15, 0.2) is 0 Å². The van der Waals surface area contributed by atoms with Crippen LogP contribution in [-0.2, 0) is 16.1 Å². The standard InChI is InChI=1S/C26H26ClN3O4/c1-2-16-34-21-10-6-18(7-11-21)23-22(24(31)19-4-8-20(27)9-5-19)25(32)26(33)30(23)14-3-13-29-15-12-28-17-29/h4-12,15,17,23H,2-3,13-14,16H2,1H3,(H,31,32). The molecule has 4 rings (SSSR count). The van der Waals surface area contributed by atoms with Crippen molar-refractivity contribution in [2.24, 2.45) is 0 Å². The van der Waals surface area contributed by atoms with Crippen molar-refractivity contribution in [2.45, 2.75) is 32.4 Å². The second-order valence-electron chi connectivity index (χ2n) is 8.10. The zero-order valence-corrected chi connectivity index (χ0v) is 19.6. The Kier molecular flexibility index (Phi) is 7.33. The molecule has 176 valence electrons. The van der Waals surface area contributed by atoms with E-state index in [9.17, 15) is 14.7 Å². The lowest BCUT2D eigenvalue weighted by molar-refractivity contribution is -0.695. The Morgan fingerprint density at radius 3 is 2.53 bits per heavy atom. The van der Waals surface area contributed by atoms with Gasteiger partial charge in [0.2, 0.25) is 12.1 Å². The molecule has 1 unspecified atom stereocenters. The Hall–Kier alpha value is -3.58. The first kappa shape index (κ1) is 23.6. The highest BCUT2D eigenvalue weighted by molar-refractivity contribution is 6.46. The van der Waals surface area contributed by atoms with Gasteiger partial charge in [-0.1, -0.05) is 48.5 Å². The molecule has 1 aromatic heterocycles. The number of nitrogens with one attached hydrogen (secondary N) is 1. The third-order valence-electron chi connectivity index (χ3n) is 5.72. The molecule has 0 spiro atoms. The van der Waals surface area contributed by atoms with Gasteiger partial charge in [0.05, 0.1) is 19.2 Å². The van der Waals surface area contributed by atoms with E-state index >= 15 is 0 Å². The molecular formula is C26H26ClN3O4. The van der Waals surface area contributed by atoms with Gasteiger partial charge in [-0.3, -0.25) is 14.6 Å². The number of rotatable bonds is 9. The number of benzene rings is 2. The lowest BCUT2D eigenvalue weighted by Gasteiger charge is -2.27. The second-order valence-corrected chi connectivity index (χ2v) is 8.54. The number of likely N-dealkylation sites (tertiary alicyclic amines) is 1. The molecule has 8 heteroatoms. The van der Waals surface area contributed by atoms with Crippen LogP contribution in [0.4, 0.5) is 0 Å². The van der Waals surface area contributed by atoms with Crippen LogP contribution in [0.1, 0.15) is 36.9 Å². The van der Waals surface area contributed by atoms with Crippen LogP contribution >= 0.6 is 11.6 Å². The molecule has 0 radical (unpaired) electrons. The van der Waals surface area contributed by atoms with Gasteiger partial charge < -0.3 is 14.7 Å². The number of Topliss-reactive ketones (excluding diaryl/α,β-unsaturated/α-hetero) is 1. The summed E-state index contributed by atoms with van der Waals surface area (Å²) in [5, 5.41) is 13.9. The number of nitrogens with zero attached hydrogens (tertiary/aromatic N) is 2. The molecule has 3 aromatic rings. The number of aryl methyl sites for hydroxylation is 1. The predicted molar refractivity (Wildman–Crippen MR) is 126 cm³/mol. The highest BCUT2D eigenvalue weighted by Crippen LogP contribution is 2.39. The molecule has 1 saturated heterocycles. The van der Waals surface area contributed by atoms with Gasteiger partial charge >= 0.3 is 0 Å². The van der Waals surface area contributed by atoms with Gasteiger partial charge in [-0.25, -0.2) is 4.57 Å². The van der Waals surface area contributed by atoms with E-state index in [1.165, 1.54) is 4.90 Å². The van der Waals surface area contributed by atoms with Crippen LogP contribution < -0.4 is 14.4 Å². The fourth-order valence-corrected chi connectivity index (χ4v) is 4.18. The monoisotopic (exact) mass is 479 g/mol. The average molecular weight is 480 g/mol. The fraction of sp³-hybridized carbons (Fsp3) is 0.269. The van der Waals surface area contributed by atoms with Crippen LogP contribution in [0.25, 0.3) is 5.76 Å². The Bertz CT molecular complexity index is 1170. The van der Waals surface area contributed by atoms with Crippen LogP contribution in [-0.4, -0.2) is 34.7 Å². The summed E-state index contributed by atoms with van der Waals surface area (Å²) in [4.78, 5) is 30.6. The van der Waals surface area contributed by atoms with Crippen molar-refractivity contribution in [3.63, 3.8) is 0 Å². The highest BCUT2D eigenvalue weighted by Gasteiger charge is 2.43. The number of hydrogen-bond acceptors (Lipinski definition) is 4. The molecule has 1 atom stereocenters. The Morgan fingerprint density at radius 1 is 1.15 bits per heavy atom. The summed E-state index contributed by atoms with van der Waals surface area (Å²) in [5.41, 5.74) is 0.969.